The molecular weight excluding hydrogens is 396 g/mol. The first kappa shape index (κ1) is 21.3. The molecule has 0 saturated heterocycles. The van der Waals surface area contributed by atoms with Crippen molar-refractivity contribution in [2.24, 2.45) is 0 Å². The molecule has 1 N–H and O–H groups in total. The van der Waals surface area contributed by atoms with E-state index in [0.29, 0.717) is 5.56 Å². The van der Waals surface area contributed by atoms with Crippen molar-refractivity contribution in [2.75, 3.05) is 13.6 Å². The second-order valence-corrected chi connectivity index (χ2v) is 9.66. The summed E-state index contributed by atoms with van der Waals surface area (Å²) in [6.07, 6.45) is 9.46. The lowest BCUT2D eigenvalue weighted by molar-refractivity contribution is 0.0303. The fraction of sp³-hybridized carbons (Fsp3) is 0.464. The van der Waals surface area contributed by atoms with Gasteiger partial charge in [-0.1, -0.05) is 49.6 Å². The number of hydrogen-bond donors (Lipinski definition) is 1. The van der Waals surface area contributed by atoms with Gasteiger partial charge < -0.3 is 14.6 Å². The summed E-state index contributed by atoms with van der Waals surface area (Å²) in [5, 5.41) is 0.983. The van der Waals surface area contributed by atoms with Gasteiger partial charge in [-0.25, -0.2) is 4.79 Å². The van der Waals surface area contributed by atoms with Crippen molar-refractivity contribution in [1.82, 2.24) is 9.88 Å². The number of fused-ring (bicyclic) bond motifs is 2. The summed E-state index contributed by atoms with van der Waals surface area (Å²) in [5.41, 5.74) is 6.31. The summed E-state index contributed by atoms with van der Waals surface area (Å²) < 4.78 is 6.02. The Hall–Kier alpha value is -2.59. The third kappa shape index (κ3) is 4.21. The van der Waals surface area contributed by atoms with E-state index in [2.05, 4.69) is 53.3 Å². The topological polar surface area (TPSA) is 45.3 Å². The zero-order valence-corrected chi connectivity index (χ0v) is 19.3. The van der Waals surface area contributed by atoms with Gasteiger partial charge in [0.15, 0.2) is 0 Å². The Morgan fingerprint density at radius 1 is 1.09 bits per heavy atom. The molecule has 1 atom stereocenters. The smallest absolute Gasteiger partial charge is 0.341 e. The van der Waals surface area contributed by atoms with Crippen molar-refractivity contribution in [1.29, 1.82) is 0 Å². The third-order valence-electron chi connectivity index (χ3n) is 7.53. The van der Waals surface area contributed by atoms with E-state index in [1.807, 2.05) is 13.0 Å². The molecule has 1 aromatic heterocycles. The maximum Gasteiger partial charge on any atom is 0.341 e. The lowest BCUT2D eigenvalue weighted by atomic mass is 9.94. The molecule has 2 aromatic carbocycles. The minimum Gasteiger partial charge on any atom is -0.454 e. The van der Waals surface area contributed by atoms with Crippen LogP contribution in [0.25, 0.3) is 10.9 Å². The molecule has 4 nitrogen and oxygen atoms in total. The van der Waals surface area contributed by atoms with Gasteiger partial charge in [0.1, 0.15) is 6.10 Å². The lowest BCUT2D eigenvalue weighted by Crippen LogP contribution is -2.34. The average molecular weight is 431 g/mol. The van der Waals surface area contributed by atoms with Crippen molar-refractivity contribution < 1.29 is 9.53 Å². The van der Waals surface area contributed by atoms with Crippen LogP contribution in [0.2, 0.25) is 0 Å². The van der Waals surface area contributed by atoms with Gasteiger partial charge in [0.2, 0.25) is 0 Å². The first-order valence-electron chi connectivity index (χ1n) is 12.2. The molecule has 0 spiro atoms. The highest BCUT2D eigenvalue weighted by Crippen LogP contribution is 2.35. The number of nitrogens with one attached hydrogen (secondary N) is 1. The van der Waals surface area contributed by atoms with Gasteiger partial charge in [0.05, 0.1) is 5.56 Å². The van der Waals surface area contributed by atoms with E-state index in [1.165, 1.54) is 43.2 Å². The van der Waals surface area contributed by atoms with Crippen molar-refractivity contribution in [3.8, 4) is 0 Å². The Balaban J connectivity index is 1.32. The maximum absolute atomic E-state index is 13.2. The van der Waals surface area contributed by atoms with Crippen LogP contribution < -0.4 is 0 Å². The predicted octanol–water partition coefficient (Wildman–Crippen LogP) is 6.13. The number of carbonyl (C=O) groups is 1. The van der Waals surface area contributed by atoms with E-state index in [0.717, 1.165) is 54.0 Å². The fourth-order valence-corrected chi connectivity index (χ4v) is 5.63. The zero-order chi connectivity index (χ0) is 22.1. The number of ether oxygens (including phenoxy) is 1. The number of aryl methyl sites for hydroxylation is 2. The van der Waals surface area contributed by atoms with Gasteiger partial charge in [-0.05, 0) is 74.9 Å². The quantitative estimate of drug-likeness (QED) is 0.479. The Kier molecular flexibility index (Phi) is 6.05. The summed E-state index contributed by atoms with van der Waals surface area (Å²) in [6, 6.07) is 15.5. The van der Waals surface area contributed by atoms with Gasteiger partial charge in [-0.15, -0.1) is 0 Å². The van der Waals surface area contributed by atoms with E-state index in [4.69, 9.17) is 4.74 Å². The Morgan fingerprint density at radius 2 is 1.91 bits per heavy atom. The van der Waals surface area contributed by atoms with E-state index >= 15 is 0 Å². The van der Waals surface area contributed by atoms with Crippen LogP contribution in [-0.2, 0) is 17.6 Å². The standard InChI is InChI=1S/C28H34N2O2/c1-19-27(28(31)32-26-15-13-21-8-6-7-11-23(21)26)24-18-20(12-14-25(24)29-19)16-17-30(2)22-9-4-3-5-10-22/h6-8,11-12,14,18,22,26,29H,3-5,9-10,13,15-17H2,1-2H3. The number of nitrogens with zero attached hydrogens (tertiary/aromatic N) is 1. The predicted molar refractivity (Wildman–Crippen MR) is 129 cm³/mol. The molecule has 0 radical (unpaired) electrons. The number of H-pyrrole nitrogens is 1. The monoisotopic (exact) mass is 430 g/mol. The summed E-state index contributed by atoms with van der Waals surface area (Å²) in [5.74, 6) is -0.216. The Morgan fingerprint density at radius 3 is 2.75 bits per heavy atom. The van der Waals surface area contributed by atoms with Crippen molar-refractivity contribution >= 4 is 16.9 Å². The lowest BCUT2D eigenvalue weighted by Gasteiger charge is -2.31. The molecule has 1 saturated carbocycles. The maximum atomic E-state index is 13.2. The van der Waals surface area contributed by atoms with E-state index in [9.17, 15) is 4.79 Å². The minimum absolute atomic E-state index is 0.143. The highest BCUT2D eigenvalue weighted by molar-refractivity contribution is 6.05. The van der Waals surface area contributed by atoms with Crippen molar-refractivity contribution in [2.45, 2.75) is 70.4 Å². The van der Waals surface area contributed by atoms with Crippen LogP contribution in [0.5, 0.6) is 0 Å². The molecule has 1 unspecified atom stereocenters. The summed E-state index contributed by atoms with van der Waals surface area (Å²) in [6.45, 7) is 3.02. The molecule has 1 fully saturated rings. The van der Waals surface area contributed by atoms with Gasteiger partial charge in [-0.3, -0.25) is 0 Å². The van der Waals surface area contributed by atoms with Crippen LogP contribution in [0.15, 0.2) is 42.5 Å². The number of hydrogen-bond acceptors (Lipinski definition) is 3. The number of rotatable bonds is 6. The van der Waals surface area contributed by atoms with Crippen LogP contribution in [-0.4, -0.2) is 35.5 Å². The normalized spacial score (nSPS) is 18.9. The molecule has 2 aliphatic carbocycles. The molecule has 2 aliphatic rings. The SMILES string of the molecule is Cc1[nH]c2ccc(CCN(C)C3CCCCC3)cc2c1C(=O)OC1CCc2ccccc21. The Labute approximate surface area is 191 Å². The number of carbonyl (C=O) groups excluding carboxylic acids is 1. The number of likely N-dealkylation sites (N-methyl/N-ethyl adjacent to an activating group) is 1. The second kappa shape index (κ2) is 9.11. The van der Waals surface area contributed by atoms with E-state index in [-0.39, 0.29) is 12.1 Å². The fourth-order valence-electron chi connectivity index (χ4n) is 5.63. The van der Waals surface area contributed by atoms with E-state index in [1.54, 1.807) is 0 Å². The Bertz CT molecular complexity index is 1110. The van der Waals surface area contributed by atoms with Crippen LogP contribution in [0.4, 0.5) is 0 Å². The van der Waals surface area contributed by atoms with Gasteiger partial charge in [0.25, 0.3) is 0 Å². The molecule has 0 amide bonds. The first-order chi connectivity index (χ1) is 15.6. The molecule has 5 rings (SSSR count). The molecular formula is C28H34N2O2. The van der Waals surface area contributed by atoms with Crippen LogP contribution in [0, 0.1) is 6.92 Å². The average Bonchev–Trinajstić information content (AvgIpc) is 3.37. The molecule has 32 heavy (non-hydrogen) atoms. The summed E-state index contributed by atoms with van der Waals surface area (Å²) in [7, 11) is 2.26. The zero-order valence-electron chi connectivity index (χ0n) is 19.3. The van der Waals surface area contributed by atoms with Crippen LogP contribution >= 0.6 is 0 Å². The van der Waals surface area contributed by atoms with Crippen LogP contribution in [0.1, 0.15) is 77.4 Å². The highest BCUT2D eigenvalue weighted by atomic mass is 16.5. The molecule has 3 aromatic rings. The summed E-state index contributed by atoms with van der Waals surface area (Å²) in [4.78, 5) is 19.2. The highest BCUT2D eigenvalue weighted by Gasteiger charge is 2.28. The van der Waals surface area contributed by atoms with Gasteiger partial charge in [-0.2, -0.15) is 0 Å². The van der Waals surface area contributed by atoms with E-state index < -0.39 is 0 Å². The molecule has 168 valence electrons. The first-order valence-corrected chi connectivity index (χ1v) is 12.2. The van der Waals surface area contributed by atoms with Crippen molar-refractivity contribution in [3.05, 3.63) is 70.4 Å². The van der Waals surface area contributed by atoms with Crippen molar-refractivity contribution in [3.63, 3.8) is 0 Å². The molecule has 0 aliphatic heterocycles. The number of aromatic amines is 1. The number of benzene rings is 2. The van der Waals surface area contributed by atoms with Crippen LogP contribution in [0.3, 0.4) is 0 Å². The number of esters is 1. The number of aromatic nitrogens is 1. The third-order valence-corrected chi connectivity index (χ3v) is 7.53. The largest absolute Gasteiger partial charge is 0.454 e. The summed E-state index contributed by atoms with van der Waals surface area (Å²) >= 11 is 0. The molecule has 4 heteroatoms. The molecule has 1 heterocycles. The minimum atomic E-state index is -0.216. The second-order valence-electron chi connectivity index (χ2n) is 9.66. The van der Waals surface area contributed by atoms with Gasteiger partial charge in [0, 0.05) is 29.2 Å². The molecule has 0 bridgehead atoms. The van der Waals surface area contributed by atoms with Gasteiger partial charge >= 0.3 is 5.97 Å².